The quantitative estimate of drug-likeness (QED) is 0.590. The van der Waals surface area contributed by atoms with E-state index in [1.54, 1.807) is 44.6 Å². The van der Waals surface area contributed by atoms with E-state index in [-0.39, 0.29) is 0 Å². The van der Waals surface area contributed by atoms with Gasteiger partial charge in [-0.3, -0.25) is 4.98 Å². The zero-order chi connectivity index (χ0) is 24.9. The number of aliphatic imine (C=N–C) groups is 1. The van der Waals surface area contributed by atoms with Crippen LogP contribution in [-0.4, -0.2) is 51.0 Å². The average molecular weight is 470 g/mol. The van der Waals surface area contributed by atoms with Crippen molar-refractivity contribution in [3.8, 4) is 11.3 Å². The summed E-state index contributed by atoms with van der Waals surface area (Å²) in [5.41, 5.74) is 5.71. The van der Waals surface area contributed by atoms with Crippen molar-refractivity contribution in [2.75, 3.05) is 18.5 Å². The first-order valence-electron chi connectivity index (χ1n) is 11.4. The number of rotatable bonds is 4. The molecule has 0 radical (unpaired) electrons. The first-order chi connectivity index (χ1) is 16.6. The third-order valence-electron chi connectivity index (χ3n) is 6.55. The average Bonchev–Trinajstić information content (AvgIpc) is 2.84. The molecular weight excluding hydrogens is 442 g/mol. The SMILES string of the molecule is C=C1c2c(cc(-c3ccc(C(C)(C)O)nc3)nc2N2CCc3c(cccc3C(=O)O)C2)N=CN1C. The van der Waals surface area contributed by atoms with Gasteiger partial charge in [0.15, 0.2) is 0 Å². The zero-order valence-corrected chi connectivity index (χ0v) is 20.0. The molecule has 35 heavy (non-hydrogen) atoms. The van der Waals surface area contributed by atoms with Gasteiger partial charge in [-0.1, -0.05) is 18.7 Å². The van der Waals surface area contributed by atoms with Gasteiger partial charge < -0.3 is 20.0 Å². The van der Waals surface area contributed by atoms with Crippen LogP contribution in [0.5, 0.6) is 0 Å². The van der Waals surface area contributed by atoms with Crippen molar-refractivity contribution < 1.29 is 15.0 Å². The second kappa shape index (κ2) is 8.32. The van der Waals surface area contributed by atoms with Gasteiger partial charge >= 0.3 is 5.97 Å². The van der Waals surface area contributed by atoms with E-state index in [2.05, 4.69) is 21.5 Å². The molecule has 2 aliphatic rings. The highest BCUT2D eigenvalue weighted by Crippen LogP contribution is 2.41. The fraction of sp³-hybridized carbons (Fsp3) is 0.259. The van der Waals surface area contributed by atoms with E-state index in [1.807, 2.05) is 30.1 Å². The fourth-order valence-corrected chi connectivity index (χ4v) is 4.57. The Labute approximate surface area is 203 Å². The van der Waals surface area contributed by atoms with Crippen molar-refractivity contribution in [3.63, 3.8) is 0 Å². The van der Waals surface area contributed by atoms with Crippen molar-refractivity contribution in [1.29, 1.82) is 0 Å². The Morgan fingerprint density at radius 1 is 1.20 bits per heavy atom. The molecule has 8 heteroatoms. The number of anilines is 1. The maximum Gasteiger partial charge on any atom is 0.335 e. The van der Waals surface area contributed by atoms with E-state index in [0.717, 1.165) is 39.5 Å². The van der Waals surface area contributed by atoms with Gasteiger partial charge in [0.25, 0.3) is 0 Å². The van der Waals surface area contributed by atoms with Crippen LogP contribution in [0.4, 0.5) is 11.5 Å². The molecule has 5 rings (SSSR count). The van der Waals surface area contributed by atoms with E-state index in [9.17, 15) is 15.0 Å². The third kappa shape index (κ3) is 4.06. The number of carboxylic acid groups (broad SMARTS) is 1. The Balaban J connectivity index is 1.60. The molecule has 178 valence electrons. The van der Waals surface area contributed by atoms with Gasteiger partial charge in [-0.05, 0) is 55.7 Å². The Morgan fingerprint density at radius 3 is 2.69 bits per heavy atom. The molecule has 1 aromatic carbocycles. The highest BCUT2D eigenvalue weighted by molar-refractivity contribution is 5.93. The van der Waals surface area contributed by atoms with Crippen LogP contribution in [0.25, 0.3) is 17.0 Å². The van der Waals surface area contributed by atoms with Gasteiger partial charge in [-0.25, -0.2) is 14.8 Å². The standard InChI is InChI=1S/C27H27N5O3/c1-16-24-22(29-15-31(16)4)12-21(17-8-9-23(28-13-17)27(2,3)35)30-25(24)32-11-10-19-18(14-32)6-5-7-20(19)26(33)34/h5-9,12-13,15,35H,1,10-11,14H2,2-4H3,(H,33,34). The maximum absolute atomic E-state index is 11.7. The van der Waals surface area contributed by atoms with E-state index in [4.69, 9.17) is 4.98 Å². The van der Waals surface area contributed by atoms with Crippen LogP contribution in [0.15, 0.2) is 54.2 Å². The molecule has 0 saturated carbocycles. The summed E-state index contributed by atoms with van der Waals surface area (Å²) in [5, 5.41) is 19.9. The van der Waals surface area contributed by atoms with Crippen LogP contribution in [0.3, 0.4) is 0 Å². The number of aromatic nitrogens is 2. The van der Waals surface area contributed by atoms with E-state index in [0.29, 0.717) is 36.5 Å². The van der Waals surface area contributed by atoms with Gasteiger partial charge in [0, 0.05) is 37.6 Å². The molecule has 0 spiro atoms. The Bertz CT molecular complexity index is 1370. The Morgan fingerprint density at radius 2 is 2.00 bits per heavy atom. The minimum atomic E-state index is -1.03. The summed E-state index contributed by atoms with van der Waals surface area (Å²) in [6.45, 7) is 8.82. The molecule has 0 amide bonds. The first kappa shape index (κ1) is 22.7. The molecule has 4 heterocycles. The summed E-state index contributed by atoms with van der Waals surface area (Å²) in [7, 11) is 1.90. The maximum atomic E-state index is 11.7. The van der Waals surface area contributed by atoms with Crippen LogP contribution in [-0.2, 0) is 18.6 Å². The van der Waals surface area contributed by atoms with Crippen LogP contribution in [0.2, 0.25) is 0 Å². The minimum absolute atomic E-state index is 0.359. The number of fused-ring (bicyclic) bond motifs is 2. The number of pyridine rings is 2. The largest absolute Gasteiger partial charge is 0.478 e. The molecule has 0 bridgehead atoms. The minimum Gasteiger partial charge on any atom is -0.478 e. The number of nitrogens with zero attached hydrogens (tertiary/aromatic N) is 5. The normalized spacial score (nSPS) is 15.1. The third-order valence-corrected chi connectivity index (χ3v) is 6.55. The molecule has 2 aliphatic heterocycles. The molecule has 0 saturated heterocycles. The van der Waals surface area contributed by atoms with Gasteiger partial charge in [0.2, 0.25) is 0 Å². The molecule has 2 aromatic heterocycles. The van der Waals surface area contributed by atoms with Gasteiger partial charge in [0.05, 0.1) is 34.5 Å². The number of carbonyl (C=O) groups is 1. The van der Waals surface area contributed by atoms with Crippen molar-refractivity contribution in [1.82, 2.24) is 14.9 Å². The predicted molar refractivity (Wildman–Crippen MR) is 136 cm³/mol. The van der Waals surface area contributed by atoms with Gasteiger partial charge in [0.1, 0.15) is 11.4 Å². The summed E-state index contributed by atoms with van der Waals surface area (Å²) in [6.07, 6.45) is 4.05. The molecule has 0 fully saturated rings. The zero-order valence-electron chi connectivity index (χ0n) is 20.0. The number of aliphatic hydroxyl groups is 1. The molecular formula is C27H27N5O3. The van der Waals surface area contributed by atoms with Crippen molar-refractivity contribution in [2.24, 2.45) is 4.99 Å². The molecule has 3 aromatic rings. The van der Waals surface area contributed by atoms with E-state index < -0.39 is 11.6 Å². The topological polar surface area (TPSA) is 102 Å². The Kier molecular flexibility index (Phi) is 5.40. The molecule has 0 aliphatic carbocycles. The summed E-state index contributed by atoms with van der Waals surface area (Å²) >= 11 is 0. The second-order valence-corrected chi connectivity index (χ2v) is 9.44. The van der Waals surface area contributed by atoms with Crippen molar-refractivity contribution in [2.45, 2.75) is 32.4 Å². The van der Waals surface area contributed by atoms with Crippen LogP contribution >= 0.6 is 0 Å². The molecule has 2 N–H and O–H groups in total. The number of aromatic carboxylic acids is 1. The fourth-order valence-electron chi connectivity index (χ4n) is 4.57. The lowest BCUT2D eigenvalue weighted by atomic mass is 9.94. The van der Waals surface area contributed by atoms with E-state index >= 15 is 0 Å². The second-order valence-electron chi connectivity index (χ2n) is 9.44. The lowest BCUT2D eigenvalue weighted by Crippen LogP contribution is -2.33. The molecule has 0 unspecified atom stereocenters. The van der Waals surface area contributed by atoms with E-state index in [1.165, 1.54) is 0 Å². The number of benzene rings is 1. The van der Waals surface area contributed by atoms with Gasteiger partial charge in [-0.2, -0.15) is 0 Å². The molecule has 0 atom stereocenters. The summed E-state index contributed by atoms with van der Waals surface area (Å²) < 4.78 is 0. The van der Waals surface area contributed by atoms with Crippen LogP contribution in [0, 0.1) is 0 Å². The van der Waals surface area contributed by atoms with Crippen molar-refractivity contribution in [3.05, 3.63) is 77.1 Å². The van der Waals surface area contributed by atoms with Crippen molar-refractivity contribution >= 4 is 29.5 Å². The number of carboxylic acids is 1. The lowest BCUT2D eigenvalue weighted by molar-refractivity contribution is 0.0694. The summed E-state index contributed by atoms with van der Waals surface area (Å²) in [4.78, 5) is 29.8. The Hall–Kier alpha value is -4.04. The number of hydrogen-bond donors (Lipinski definition) is 2. The summed E-state index contributed by atoms with van der Waals surface area (Å²) in [6, 6.07) is 11.1. The lowest BCUT2D eigenvalue weighted by Gasteiger charge is -2.34. The van der Waals surface area contributed by atoms with Gasteiger partial charge in [-0.15, -0.1) is 0 Å². The predicted octanol–water partition coefficient (Wildman–Crippen LogP) is 4.21. The van der Waals surface area contributed by atoms with Crippen LogP contribution < -0.4 is 4.90 Å². The highest BCUT2D eigenvalue weighted by atomic mass is 16.4. The number of hydrogen-bond acceptors (Lipinski definition) is 7. The molecule has 8 nitrogen and oxygen atoms in total. The first-order valence-corrected chi connectivity index (χ1v) is 11.4. The van der Waals surface area contributed by atoms with Crippen LogP contribution in [0.1, 0.15) is 46.6 Å². The smallest absolute Gasteiger partial charge is 0.335 e. The monoisotopic (exact) mass is 469 g/mol. The highest BCUT2D eigenvalue weighted by Gasteiger charge is 2.28. The summed E-state index contributed by atoms with van der Waals surface area (Å²) in [5.74, 6) is -0.150.